The summed E-state index contributed by atoms with van der Waals surface area (Å²) in [5.74, 6) is -0.525. The SMILES string of the molecule is CCCCCCCCCCCCCCCCCC(=O)O[C@H](COC(=O)CCCCCCCCCCCCC(C)CC)COP(=O)(O)OC[C@@H](O)COP(=O)(O)OC[C@@H](COC(=O)CCCCCCCCCCC(C)CC)OC(=O)CCCCCCCCCCCCCCCC. The number of carbonyl (C=O) groups excluding carboxylic acids is 4. The van der Waals surface area contributed by atoms with Gasteiger partial charge in [-0.15, -0.1) is 0 Å². The van der Waals surface area contributed by atoms with Gasteiger partial charge < -0.3 is 33.8 Å². The number of hydrogen-bond donors (Lipinski definition) is 3. The van der Waals surface area contributed by atoms with Crippen molar-refractivity contribution in [1.29, 1.82) is 0 Å². The van der Waals surface area contributed by atoms with E-state index in [0.717, 1.165) is 102 Å². The summed E-state index contributed by atoms with van der Waals surface area (Å²) in [6.45, 7) is 9.64. The van der Waals surface area contributed by atoms with Crippen LogP contribution in [0.15, 0.2) is 0 Å². The molecule has 7 atom stereocenters. The summed E-state index contributed by atoms with van der Waals surface area (Å²) in [5.41, 5.74) is 0. The van der Waals surface area contributed by atoms with Crippen molar-refractivity contribution in [2.24, 2.45) is 11.8 Å². The van der Waals surface area contributed by atoms with E-state index in [1.54, 1.807) is 0 Å². The average Bonchev–Trinajstić information content (AvgIpc) is 1.35. The molecule has 4 unspecified atom stereocenters. The molecule has 0 bridgehead atoms. The van der Waals surface area contributed by atoms with Crippen molar-refractivity contribution in [3.05, 3.63) is 0 Å². The summed E-state index contributed by atoms with van der Waals surface area (Å²) in [5, 5.41) is 10.6. The van der Waals surface area contributed by atoms with Gasteiger partial charge in [0, 0.05) is 25.7 Å². The second kappa shape index (κ2) is 67.9. The first-order chi connectivity index (χ1) is 45.9. The molecule has 19 heteroatoms. The number of hydrogen-bond acceptors (Lipinski definition) is 15. The highest BCUT2D eigenvalue weighted by Crippen LogP contribution is 2.45. The van der Waals surface area contributed by atoms with Crippen molar-refractivity contribution in [3.8, 4) is 0 Å². The molecular formula is C76H148O17P2. The van der Waals surface area contributed by atoms with E-state index in [1.807, 2.05) is 0 Å². The van der Waals surface area contributed by atoms with Crippen LogP contribution in [0.3, 0.4) is 0 Å². The number of aliphatic hydroxyl groups is 1. The molecule has 0 aliphatic rings. The van der Waals surface area contributed by atoms with Crippen molar-refractivity contribution in [1.82, 2.24) is 0 Å². The van der Waals surface area contributed by atoms with E-state index in [9.17, 15) is 43.2 Å². The number of aliphatic hydroxyl groups excluding tert-OH is 1. The Kier molecular flexibility index (Phi) is 66.5. The van der Waals surface area contributed by atoms with Crippen molar-refractivity contribution >= 4 is 39.5 Å². The molecule has 0 aromatic heterocycles. The lowest BCUT2D eigenvalue weighted by molar-refractivity contribution is -0.161. The molecule has 3 N–H and O–H groups in total. The molecule has 0 aromatic carbocycles. The highest BCUT2D eigenvalue weighted by Gasteiger charge is 2.30. The van der Waals surface area contributed by atoms with Crippen LogP contribution in [0.2, 0.25) is 0 Å². The molecule has 0 amide bonds. The van der Waals surface area contributed by atoms with Crippen molar-refractivity contribution in [2.45, 2.75) is 413 Å². The van der Waals surface area contributed by atoms with Crippen LogP contribution >= 0.6 is 15.6 Å². The first-order valence-corrected chi connectivity index (χ1v) is 42.6. The molecule has 0 heterocycles. The third kappa shape index (κ3) is 67.6. The minimum absolute atomic E-state index is 0.107. The Bertz CT molecular complexity index is 1840. The van der Waals surface area contributed by atoms with E-state index in [0.29, 0.717) is 25.7 Å². The van der Waals surface area contributed by atoms with Gasteiger partial charge in [-0.25, -0.2) is 9.13 Å². The van der Waals surface area contributed by atoms with E-state index in [2.05, 4.69) is 41.5 Å². The molecule has 17 nitrogen and oxygen atoms in total. The number of unbranched alkanes of at least 4 members (excludes halogenated alkanes) is 43. The summed E-state index contributed by atoms with van der Waals surface area (Å²) in [7, 11) is -9.91. The molecule has 0 fully saturated rings. The Morgan fingerprint density at radius 2 is 0.505 bits per heavy atom. The smallest absolute Gasteiger partial charge is 0.462 e. The van der Waals surface area contributed by atoms with E-state index in [-0.39, 0.29) is 25.7 Å². The lowest BCUT2D eigenvalue weighted by atomic mass is 9.99. The molecule has 0 aliphatic carbocycles. The van der Waals surface area contributed by atoms with Gasteiger partial charge in [0.1, 0.15) is 19.3 Å². The molecule has 0 rings (SSSR count). The van der Waals surface area contributed by atoms with E-state index >= 15 is 0 Å². The predicted octanol–water partition coefficient (Wildman–Crippen LogP) is 22.3. The largest absolute Gasteiger partial charge is 0.472 e. The highest BCUT2D eigenvalue weighted by atomic mass is 31.2. The normalized spacial score (nSPS) is 14.6. The van der Waals surface area contributed by atoms with Crippen LogP contribution in [0, 0.1) is 11.8 Å². The minimum atomic E-state index is -4.96. The first kappa shape index (κ1) is 93.1. The maximum atomic E-state index is 13.1. The maximum absolute atomic E-state index is 13.1. The van der Waals surface area contributed by atoms with Crippen LogP contribution in [0.1, 0.15) is 395 Å². The van der Waals surface area contributed by atoms with Gasteiger partial charge in [0.15, 0.2) is 12.2 Å². The van der Waals surface area contributed by atoms with Crippen LogP contribution in [-0.2, 0) is 65.4 Å². The van der Waals surface area contributed by atoms with Gasteiger partial charge in [0.05, 0.1) is 26.4 Å². The van der Waals surface area contributed by atoms with Crippen molar-refractivity contribution in [2.75, 3.05) is 39.6 Å². The number of carbonyl (C=O) groups is 4. The van der Waals surface area contributed by atoms with Gasteiger partial charge in [0.25, 0.3) is 0 Å². The average molecular weight is 1400 g/mol. The first-order valence-electron chi connectivity index (χ1n) is 39.6. The Morgan fingerprint density at radius 3 is 0.747 bits per heavy atom. The number of ether oxygens (including phenoxy) is 4. The van der Waals surface area contributed by atoms with Crippen molar-refractivity contribution < 1.29 is 80.2 Å². The van der Waals surface area contributed by atoms with E-state index < -0.39 is 97.5 Å². The van der Waals surface area contributed by atoms with Gasteiger partial charge in [-0.2, -0.15) is 0 Å². The fraction of sp³-hybridized carbons (Fsp3) is 0.947. The zero-order valence-electron chi connectivity index (χ0n) is 62.0. The summed E-state index contributed by atoms with van der Waals surface area (Å²) in [6.07, 6.45) is 55.2. The summed E-state index contributed by atoms with van der Waals surface area (Å²) < 4.78 is 68.6. The van der Waals surface area contributed by atoms with Gasteiger partial charge >= 0.3 is 39.5 Å². The quantitative estimate of drug-likeness (QED) is 0.0222. The summed E-state index contributed by atoms with van der Waals surface area (Å²) in [6, 6.07) is 0. The van der Waals surface area contributed by atoms with Gasteiger partial charge in [0.2, 0.25) is 0 Å². The topological polar surface area (TPSA) is 237 Å². The number of rotatable bonds is 75. The van der Waals surface area contributed by atoms with Crippen LogP contribution in [-0.4, -0.2) is 96.7 Å². The molecule has 0 aliphatic heterocycles. The lowest BCUT2D eigenvalue weighted by Crippen LogP contribution is -2.30. The Morgan fingerprint density at radius 1 is 0.295 bits per heavy atom. The second-order valence-electron chi connectivity index (χ2n) is 27.9. The number of phosphoric ester groups is 2. The molecule has 564 valence electrons. The van der Waals surface area contributed by atoms with E-state index in [1.165, 1.54) is 212 Å². The van der Waals surface area contributed by atoms with E-state index in [4.69, 9.17) is 37.0 Å². The lowest BCUT2D eigenvalue weighted by Gasteiger charge is -2.21. The summed E-state index contributed by atoms with van der Waals surface area (Å²) in [4.78, 5) is 72.9. The standard InChI is InChI=1S/C76H148O17P2/c1-7-11-13-15-17-19-21-23-25-27-29-35-43-49-55-61-76(81)92-71(64-86-73(78)58-52-46-40-33-31-30-32-38-44-50-56-68(5)9-3)66-90-94(82,83)88-62-70(77)63-89-95(84,85)91-67-72(65-87-74(79)59-53-47-41-37-36-39-45-51-57-69(6)10-4)93-75(80)60-54-48-42-34-28-26-24-22-20-18-16-14-12-8-2/h68-72,77H,7-67H2,1-6H3,(H,82,83)(H,84,85)/t68?,69?,70-,71-,72-/m1/s1. The molecule has 0 aromatic rings. The molecule has 0 saturated carbocycles. The van der Waals surface area contributed by atoms with Crippen molar-refractivity contribution in [3.63, 3.8) is 0 Å². The second-order valence-corrected chi connectivity index (χ2v) is 30.8. The molecule has 0 radical (unpaired) electrons. The number of esters is 4. The zero-order valence-corrected chi connectivity index (χ0v) is 63.8. The van der Waals surface area contributed by atoms with Gasteiger partial charge in [-0.3, -0.25) is 37.3 Å². The Balaban J connectivity index is 5.28. The monoisotopic (exact) mass is 1400 g/mol. The fourth-order valence-corrected chi connectivity index (χ4v) is 13.2. The Hall–Kier alpha value is -1.94. The highest BCUT2D eigenvalue weighted by molar-refractivity contribution is 7.47. The Labute approximate surface area is 581 Å². The van der Waals surface area contributed by atoms with Crippen LogP contribution in [0.4, 0.5) is 0 Å². The third-order valence-corrected chi connectivity index (χ3v) is 20.3. The molecule has 95 heavy (non-hydrogen) atoms. The van der Waals surface area contributed by atoms with Crippen LogP contribution in [0.5, 0.6) is 0 Å². The minimum Gasteiger partial charge on any atom is -0.462 e. The van der Waals surface area contributed by atoms with Gasteiger partial charge in [-0.1, -0.05) is 343 Å². The summed E-state index contributed by atoms with van der Waals surface area (Å²) >= 11 is 0. The van der Waals surface area contributed by atoms with Gasteiger partial charge in [-0.05, 0) is 37.5 Å². The third-order valence-electron chi connectivity index (χ3n) is 18.4. The van der Waals surface area contributed by atoms with Crippen LogP contribution in [0.25, 0.3) is 0 Å². The number of phosphoric acid groups is 2. The maximum Gasteiger partial charge on any atom is 0.472 e. The molecule has 0 spiro atoms. The molecular weight excluding hydrogens is 1250 g/mol. The van der Waals surface area contributed by atoms with Crippen LogP contribution < -0.4 is 0 Å². The predicted molar refractivity (Wildman–Crippen MR) is 386 cm³/mol. The zero-order chi connectivity index (χ0) is 70.0. The fourth-order valence-electron chi connectivity index (χ4n) is 11.6. The molecule has 0 saturated heterocycles.